The maximum Gasteiger partial charge on any atom is 0.258 e. The lowest BCUT2D eigenvalue weighted by atomic mass is 10.0. The zero-order valence-corrected chi connectivity index (χ0v) is 11.0. The SMILES string of the molecule is CC(Oc1c([C@@H](C)O)ccc2ccccc12)C(N)=O. The average molecular weight is 259 g/mol. The van der Waals surface area contributed by atoms with Crippen LogP contribution in [0.3, 0.4) is 0 Å². The molecule has 2 aromatic carbocycles. The lowest BCUT2D eigenvalue weighted by molar-refractivity contribution is -0.123. The van der Waals surface area contributed by atoms with Crippen LogP contribution in [0.15, 0.2) is 36.4 Å². The molecule has 0 saturated heterocycles. The Hall–Kier alpha value is -2.07. The highest BCUT2D eigenvalue weighted by Crippen LogP contribution is 2.34. The number of rotatable bonds is 4. The standard InChI is InChI=1S/C15H17NO3/c1-9(17)12-8-7-11-5-3-4-6-13(11)14(12)19-10(2)15(16)18/h3-10,17H,1-2H3,(H2,16,18)/t9-,10?/m1/s1. The fourth-order valence-corrected chi connectivity index (χ4v) is 1.96. The smallest absolute Gasteiger partial charge is 0.258 e. The molecule has 0 aliphatic heterocycles. The minimum atomic E-state index is -0.747. The van der Waals surface area contributed by atoms with E-state index in [0.717, 1.165) is 10.8 Å². The van der Waals surface area contributed by atoms with Crippen molar-refractivity contribution in [1.82, 2.24) is 0 Å². The molecule has 0 heterocycles. The van der Waals surface area contributed by atoms with Gasteiger partial charge in [-0.25, -0.2) is 0 Å². The van der Waals surface area contributed by atoms with Gasteiger partial charge in [0.25, 0.3) is 5.91 Å². The molecule has 0 bridgehead atoms. The second-order valence-electron chi connectivity index (χ2n) is 4.54. The molecule has 1 unspecified atom stereocenters. The van der Waals surface area contributed by atoms with Crippen LogP contribution in [0.1, 0.15) is 25.5 Å². The fourth-order valence-electron chi connectivity index (χ4n) is 1.96. The average Bonchev–Trinajstić information content (AvgIpc) is 2.38. The van der Waals surface area contributed by atoms with Gasteiger partial charge in [-0.2, -0.15) is 0 Å². The summed E-state index contributed by atoms with van der Waals surface area (Å²) >= 11 is 0. The van der Waals surface area contributed by atoms with Crippen LogP contribution in [-0.4, -0.2) is 17.1 Å². The number of aliphatic hydroxyl groups excluding tert-OH is 1. The van der Waals surface area contributed by atoms with Crippen molar-refractivity contribution in [3.63, 3.8) is 0 Å². The topological polar surface area (TPSA) is 72.6 Å². The highest BCUT2D eigenvalue weighted by Gasteiger charge is 2.17. The summed E-state index contributed by atoms with van der Waals surface area (Å²) in [6.07, 6.45) is -1.43. The highest BCUT2D eigenvalue weighted by atomic mass is 16.5. The van der Waals surface area contributed by atoms with Crippen LogP contribution in [0.25, 0.3) is 10.8 Å². The third kappa shape index (κ3) is 2.69. The van der Waals surface area contributed by atoms with Crippen molar-refractivity contribution in [2.75, 3.05) is 0 Å². The number of benzene rings is 2. The van der Waals surface area contributed by atoms with E-state index in [9.17, 15) is 9.90 Å². The van der Waals surface area contributed by atoms with Gasteiger partial charge in [0.15, 0.2) is 6.10 Å². The molecule has 1 amide bonds. The number of primary amides is 1. The molecule has 19 heavy (non-hydrogen) atoms. The number of hydrogen-bond donors (Lipinski definition) is 2. The van der Waals surface area contributed by atoms with Crippen molar-refractivity contribution >= 4 is 16.7 Å². The number of nitrogens with two attached hydrogens (primary N) is 1. The Kier molecular flexibility index (Phi) is 3.71. The second-order valence-corrected chi connectivity index (χ2v) is 4.54. The molecule has 3 N–H and O–H groups in total. The van der Waals surface area contributed by atoms with Crippen molar-refractivity contribution in [3.05, 3.63) is 42.0 Å². The van der Waals surface area contributed by atoms with Gasteiger partial charge >= 0.3 is 0 Å². The molecule has 0 saturated carbocycles. The third-order valence-corrected chi connectivity index (χ3v) is 3.06. The second kappa shape index (κ2) is 5.28. The van der Waals surface area contributed by atoms with E-state index in [2.05, 4.69) is 0 Å². The molecular formula is C15H17NO3. The van der Waals surface area contributed by atoms with Gasteiger partial charge in [0.1, 0.15) is 5.75 Å². The first-order valence-electron chi connectivity index (χ1n) is 6.16. The number of ether oxygens (including phenoxy) is 1. The maximum absolute atomic E-state index is 11.2. The molecule has 0 radical (unpaired) electrons. The predicted molar refractivity (Wildman–Crippen MR) is 73.9 cm³/mol. The summed E-state index contributed by atoms with van der Waals surface area (Å²) in [6, 6.07) is 11.4. The van der Waals surface area contributed by atoms with E-state index in [0.29, 0.717) is 11.3 Å². The number of amides is 1. The van der Waals surface area contributed by atoms with E-state index in [4.69, 9.17) is 10.5 Å². The minimum Gasteiger partial charge on any atom is -0.480 e. The lowest BCUT2D eigenvalue weighted by Crippen LogP contribution is -2.31. The van der Waals surface area contributed by atoms with E-state index in [1.807, 2.05) is 30.3 Å². The Bertz CT molecular complexity index is 607. The van der Waals surface area contributed by atoms with E-state index in [1.165, 1.54) is 0 Å². The maximum atomic E-state index is 11.2. The van der Waals surface area contributed by atoms with Gasteiger partial charge in [-0.3, -0.25) is 4.79 Å². The number of hydrogen-bond acceptors (Lipinski definition) is 3. The third-order valence-electron chi connectivity index (χ3n) is 3.06. The number of aliphatic hydroxyl groups is 1. The Morgan fingerprint density at radius 3 is 2.53 bits per heavy atom. The predicted octanol–water partition coefficient (Wildman–Crippen LogP) is 2.15. The van der Waals surface area contributed by atoms with Gasteiger partial charge in [-0.1, -0.05) is 36.4 Å². The number of carbonyl (C=O) groups excluding carboxylic acids is 1. The molecule has 2 rings (SSSR count). The van der Waals surface area contributed by atoms with Gasteiger partial charge < -0.3 is 15.6 Å². The minimum absolute atomic E-state index is 0.513. The summed E-state index contributed by atoms with van der Waals surface area (Å²) in [6.45, 7) is 3.25. The molecule has 100 valence electrons. The van der Waals surface area contributed by atoms with E-state index < -0.39 is 18.1 Å². The number of fused-ring (bicyclic) bond motifs is 1. The Morgan fingerprint density at radius 1 is 1.21 bits per heavy atom. The molecule has 0 aliphatic carbocycles. The molecule has 2 atom stereocenters. The lowest BCUT2D eigenvalue weighted by Gasteiger charge is -2.18. The summed E-state index contributed by atoms with van der Waals surface area (Å²) in [5.41, 5.74) is 5.87. The first kappa shape index (κ1) is 13.4. The largest absolute Gasteiger partial charge is 0.480 e. The normalized spacial score (nSPS) is 14.1. The molecule has 0 fully saturated rings. The van der Waals surface area contributed by atoms with Crippen molar-refractivity contribution < 1.29 is 14.6 Å². The number of carbonyl (C=O) groups is 1. The monoisotopic (exact) mass is 259 g/mol. The van der Waals surface area contributed by atoms with Crippen molar-refractivity contribution in [3.8, 4) is 5.75 Å². The summed E-state index contributed by atoms with van der Waals surface area (Å²) in [4.78, 5) is 11.2. The zero-order chi connectivity index (χ0) is 14.0. The molecule has 4 heteroatoms. The first-order chi connectivity index (χ1) is 9.00. The summed E-state index contributed by atoms with van der Waals surface area (Å²) in [5.74, 6) is -0.0242. The van der Waals surface area contributed by atoms with Crippen LogP contribution in [-0.2, 0) is 4.79 Å². The van der Waals surface area contributed by atoms with Crippen LogP contribution in [0.4, 0.5) is 0 Å². The van der Waals surface area contributed by atoms with Gasteiger partial charge in [0.2, 0.25) is 0 Å². The van der Waals surface area contributed by atoms with Gasteiger partial charge in [-0.15, -0.1) is 0 Å². The molecule has 0 spiro atoms. The van der Waals surface area contributed by atoms with Crippen molar-refractivity contribution in [2.24, 2.45) is 5.73 Å². The van der Waals surface area contributed by atoms with Crippen LogP contribution in [0, 0.1) is 0 Å². The Labute approximate surface area is 111 Å². The van der Waals surface area contributed by atoms with E-state index >= 15 is 0 Å². The Balaban J connectivity index is 2.59. The zero-order valence-electron chi connectivity index (χ0n) is 11.0. The quantitative estimate of drug-likeness (QED) is 0.883. The van der Waals surface area contributed by atoms with Crippen LogP contribution >= 0.6 is 0 Å². The van der Waals surface area contributed by atoms with Gasteiger partial charge in [0, 0.05) is 10.9 Å². The van der Waals surface area contributed by atoms with E-state index in [1.54, 1.807) is 19.9 Å². The highest BCUT2D eigenvalue weighted by molar-refractivity contribution is 5.90. The fraction of sp³-hybridized carbons (Fsp3) is 0.267. The molecule has 4 nitrogen and oxygen atoms in total. The van der Waals surface area contributed by atoms with Gasteiger partial charge in [0.05, 0.1) is 6.10 Å². The van der Waals surface area contributed by atoms with Crippen LogP contribution < -0.4 is 10.5 Å². The molecular weight excluding hydrogens is 242 g/mol. The Morgan fingerprint density at radius 2 is 1.89 bits per heavy atom. The van der Waals surface area contributed by atoms with Crippen molar-refractivity contribution in [2.45, 2.75) is 26.1 Å². The summed E-state index contributed by atoms with van der Waals surface area (Å²) < 4.78 is 5.65. The molecule has 2 aromatic rings. The molecule has 0 aromatic heterocycles. The first-order valence-corrected chi connectivity index (χ1v) is 6.16. The van der Waals surface area contributed by atoms with Crippen LogP contribution in [0.2, 0.25) is 0 Å². The summed E-state index contributed by atoms with van der Waals surface area (Å²) in [5, 5.41) is 11.7. The van der Waals surface area contributed by atoms with Crippen molar-refractivity contribution in [1.29, 1.82) is 0 Å². The summed E-state index contributed by atoms with van der Waals surface area (Å²) in [7, 11) is 0. The molecule has 0 aliphatic rings. The van der Waals surface area contributed by atoms with Gasteiger partial charge in [-0.05, 0) is 19.2 Å². The van der Waals surface area contributed by atoms with E-state index in [-0.39, 0.29) is 0 Å². The van der Waals surface area contributed by atoms with Crippen LogP contribution in [0.5, 0.6) is 5.75 Å².